The molecule has 4 heteroatoms. The van der Waals surface area contributed by atoms with Gasteiger partial charge < -0.3 is 11.1 Å². The molecule has 0 saturated heterocycles. The molecular formula is C14H22N2OS. The second-order valence-corrected chi connectivity index (χ2v) is 5.55. The van der Waals surface area contributed by atoms with Gasteiger partial charge in [0, 0.05) is 17.4 Å². The van der Waals surface area contributed by atoms with Crippen LogP contribution in [-0.2, 0) is 6.42 Å². The Morgan fingerprint density at radius 1 is 1.44 bits per heavy atom. The first-order chi connectivity index (χ1) is 8.69. The Morgan fingerprint density at radius 3 is 2.83 bits per heavy atom. The normalized spacial score (nSPS) is 12.2. The second kappa shape index (κ2) is 8.16. The van der Waals surface area contributed by atoms with Gasteiger partial charge in [-0.25, -0.2) is 0 Å². The zero-order chi connectivity index (χ0) is 13.4. The first-order valence-electron chi connectivity index (χ1n) is 6.35. The molecule has 1 atom stereocenters. The van der Waals surface area contributed by atoms with E-state index in [9.17, 15) is 4.79 Å². The molecule has 0 heterocycles. The highest BCUT2D eigenvalue weighted by Crippen LogP contribution is 2.10. The third-order valence-corrected chi connectivity index (χ3v) is 3.77. The second-order valence-electron chi connectivity index (χ2n) is 4.23. The monoisotopic (exact) mass is 266 g/mol. The summed E-state index contributed by atoms with van der Waals surface area (Å²) in [5, 5.41) is 3.03. The molecule has 0 bridgehead atoms. The lowest BCUT2D eigenvalue weighted by Crippen LogP contribution is -2.35. The van der Waals surface area contributed by atoms with Gasteiger partial charge in [0.1, 0.15) is 0 Å². The molecule has 100 valence electrons. The molecule has 1 unspecified atom stereocenters. The predicted molar refractivity (Wildman–Crippen MR) is 79.1 cm³/mol. The van der Waals surface area contributed by atoms with Crippen LogP contribution in [0.5, 0.6) is 0 Å². The van der Waals surface area contributed by atoms with Crippen LogP contribution in [0.1, 0.15) is 29.8 Å². The van der Waals surface area contributed by atoms with E-state index in [1.807, 2.05) is 43.0 Å². The Morgan fingerprint density at radius 2 is 2.17 bits per heavy atom. The van der Waals surface area contributed by atoms with E-state index in [0.717, 1.165) is 29.1 Å². The molecule has 1 amide bonds. The number of benzene rings is 1. The van der Waals surface area contributed by atoms with Crippen molar-refractivity contribution in [1.29, 1.82) is 0 Å². The summed E-state index contributed by atoms with van der Waals surface area (Å²) in [5.74, 6) is 2.02. The lowest BCUT2D eigenvalue weighted by Gasteiger charge is -2.15. The number of rotatable bonds is 7. The Hall–Kier alpha value is -1.00. The summed E-state index contributed by atoms with van der Waals surface area (Å²) in [4.78, 5) is 12.2. The Bertz CT molecular complexity index is 382. The molecule has 0 fully saturated rings. The molecule has 3 nitrogen and oxygen atoms in total. The summed E-state index contributed by atoms with van der Waals surface area (Å²) >= 11 is 1.83. The standard InChI is InChI=1S/C14H22N2OS/c1-3-18-10-11(2)16-14(17)13-7-5-4-6-12(13)8-9-15/h4-7,11H,3,8-10,15H2,1-2H3,(H,16,17). The minimum atomic E-state index is 0.00301. The maximum atomic E-state index is 12.2. The fourth-order valence-electron chi connectivity index (χ4n) is 1.75. The van der Waals surface area contributed by atoms with Gasteiger partial charge in [-0.05, 0) is 37.3 Å². The molecule has 1 rings (SSSR count). The minimum absolute atomic E-state index is 0.00301. The van der Waals surface area contributed by atoms with E-state index < -0.39 is 0 Å². The average molecular weight is 266 g/mol. The maximum Gasteiger partial charge on any atom is 0.251 e. The highest BCUT2D eigenvalue weighted by molar-refractivity contribution is 7.99. The number of thioether (sulfide) groups is 1. The molecule has 0 aliphatic heterocycles. The molecule has 0 aromatic heterocycles. The van der Waals surface area contributed by atoms with Gasteiger partial charge in [0.2, 0.25) is 0 Å². The topological polar surface area (TPSA) is 55.1 Å². The van der Waals surface area contributed by atoms with E-state index >= 15 is 0 Å². The van der Waals surface area contributed by atoms with Crippen molar-refractivity contribution in [2.75, 3.05) is 18.1 Å². The Kier molecular flexibility index (Phi) is 6.83. The van der Waals surface area contributed by atoms with Crippen LogP contribution < -0.4 is 11.1 Å². The highest BCUT2D eigenvalue weighted by Gasteiger charge is 2.12. The summed E-state index contributed by atoms with van der Waals surface area (Å²) in [6, 6.07) is 7.85. The first kappa shape index (κ1) is 15.1. The zero-order valence-electron chi connectivity index (χ0n) is 11.1. The number of nitrogens with two attached hydrogens (primary N) is 1. The minimum Gasteiger partial charge on any atom is -0.349 e. The average Bonchev–Trinajstić information content (AvgIpc) is 2.37. The number of hydrogen-bond acceptors (Lipinski definition) is 3. The van der Waals surface area contributed by atoms with Crippen molar-refractivity contribution in [3.05, 3.63) is 35.4 Å². The lowest BCUT2D eigenvalue weighted by molar-refractivity contribution is 0.0943. The van der Waals surface area contributed by atoms with Gasteiger partial charge in [-0.15, -0.1) is 0 Å². The molecule has 1 aromatic rings. The van der Waals surface area contributed by atoms with Gasteiger partial charge >= 0.3 is 0 Å². The van der Waals surface area contributed by atoms with Crippen LogP contribution in [0.15, 0.2) is 24.3 Å². The summed E-state index contributed by atoms with van der Waals surface area (Å²) in [5.41, 5.74) is 7.33. The predicted octanol–water partition coefficient (Wildman–Crippen LogP) is 2.06. The van der Waals surface area contributed by atoms with Crippen LogP contribution >= 0.6 is 11.8 Å². The van der Waals surface area contributed by atoms with Crippen LogP contribution in [-0.4, -0.2) is 30.0 Å². The van der Waals surface area contributed by atoms with Crippen LogP contribution in [0.2, 0.25) is 0 Å². The van der Waals surface area contributed by atoms with Gasteiger partial charge in [-0.1, -0.05) is 25.1 Å². The maximum absolute atomic E-state index is 12.2. The quantitative estimate of drug-likeness (QED) is 0.794. The number of nitrogens with one attached hydrogen (secondary N) is 1. The van der Waals surface area contributed by atoms with Crippen molar-refractivity contribution >= 4 is 17.7 Å². The molecule has 0 spiro atoms. The molecule has 0 aliphatic carbocycles. The van der Waals surface area contributed by atoms with E-state index in [4.69, 9.17) is 5.73 Å². The smallest absolute Gasteiger partial charge is 0.251 e. The fraction of sp³-hybridized carbons (Fsp3) is 0.500. The van der Waals surface area contributed by atoms with E-state index in [1.54, 1.807) is 0 Å². The summed E-state index contributed by atoms with van der Waals surface area (Å²) in [6.45, 7) is 4.72. The van der Waals surface area contributed by atoms with Crippen molar-refractivity contribution in [3.8, 4) is 0 Å². The van der Waals surface area contributed by atoms with Crippen molar-refractivity contribution in [2.24, 2.45) is 5.73 Å². The summed E-state index contributed by atoms with van der Waals surface area (Å²) < 4.78 is 0. The number of carbonyl (C=O) groups excluding carboxylic acids is 1. The van der Waals surface area contributed by atoms with Gasteiger partial charge in [-0.2, -0.15) is 11.8 Å². The van der Waals surface area contributed by atoms with E-state index in [0.29, 0.717) is 6.54 Å². The van der Waals surface area contributed by atoms with E-state index in [2.05, 4.69) is 12.2 Å². The van der Waals surface area contributed by atoms with E-state index in [1.165, 1.54) is 0 Å². The number of hydrogen-bond donors (Lipinski definition) is 2. The number of amides is 1. The van der Waals surface area contributed by atoms with Crippen LogP contribution in [0.3, 0.4) is 0 Å². The molecule has 0 radical (unpaired) electrons. The largest absolute Gasteiger partial charge is 0.349 e. The third kappa shape index (κ3) is 4.70. The van der Waals surface area contributed by atoms with Crippen molar-refractivity contribution in [1.82, 2.24) is 5.32 Å². The van der Waals surface area contributed by atoms with Crippen LogP contribution in [0.4, 0.5) is 0 Å². The number of carbonyl (C=O) groups is 1. The SMILES string of the molecule is CCSCC(C)NC(=O)c1ccccc1CCN. The van der Waals surface area contributed by atoms with Crippen LogP contribution in [0.25, 0.3) is 0 Å². The third-order valence-electron chi connectivity index (χ3n) is 2.63. The molecular weight excluding hydrogens is 244 g/mol. The Labute approximate surface area is 114 Å². The molecule has 0 saturated carbocycles. The van der Waals surface area contributed by atoms with Crippen molar-refractivity contribution in [3.63, 3.8) is 0 Å². The molecule has 0 aliphatic rings. The lowest BCUT2D eigenvalue weighted by atomic mass is 10.0. The van der Waals surface area contributed by atoms with Crippen molar-refractivity contribution in [2.45, 2.75) is 26.3 Å². The molecule has 1 aromatic carbocycles. The van der Waals surface area contributed by atoms with Gasteiger partial charge in [0.05, 0.1) is 0 Å². The van der Waals surface area contributed by atoms with Gasteiger partial charge in [-0.3, -0.25) is 4.79 Å². The molecule has 18 heavy (non-hydrogen) atoms. The Balaban J connectivity index is 2.65. The fourth-order valence-corrected chi connectivity index (χ4v) is 2.43. The zero-order valence-corrected chi connectivity index (χ0v) is 11.9. The van der Waals surface area contributed by atoms with Gasteiger partial charge in [0.15, 0.2) is 0 Å². The molecule has 3 N–H and O–H groups in total. The van der Waals surface area contributed by atoms with Gasteiger partial charge in [0.25, 0.3) is 5.91 Å². The van der Waals surface area contributed by atoms with Crippen LogP contribution in [0, 0.1) is 0 Å². The summed E-state index contributed by atoms with van der Waals surface area (Å²) in [6.07, 6.45) is 0.738. The van der Waals surface area contributed by atoms with E-state index in [-0.39, 0.29) is 11.9 Å². The summed E-state index contributed by atoms with van der Waals surface area (Å²) in [7, 11) is 0. The first-order valence-corrected chi connectivity index (χ1v) is 7.51. The van der Waals surface area contributed by atoms with Crippen molar-refractivity contribution < 1.29 is 4.79 Å². The highest BCUT2D eigenvalue weighted by atomic mass is 32.2.